The van der Waals surface area contributed by atoms with Gasteiger partial charge in [-0.1, -0.05) is 12.1 Å². The zero-order chi connectivity index (χ0) is 12.7. The molecule has 1 aromatic heterocycles. The number of benzene rings is 1. The Morgan fingerprint density at radius 1 is 1.33 bits per heavy atom. The van der Waals surface area contributed by atoms with Crippen LogP contribution in [0.15, 0.2) is 24.3 Å². The average molecular weight is 243 g/mol. The number of nitrogens with zero attached hydrogens (tertiary/aromatic N) is 3. The van der Waals surface area contributed by atoms with Crippen LogP contribution in [0.5, 0.6) is 0 Å². The van der Waals surface area contributed by atoms with Crippen molar-refractivity contribution < 1.29 is 0 Å². The molecule has 94 valence electrons. The molecule has 2 aromatic rings. The minimum Gasteiger partial charge on any atom is -0.399 e. The minimum absolute atomic E-state index is 0.264. The van der Waals surface area contributed by atoms with Crippen LogP contribution in [0.4, 0.5) is 11.6 Å². The van der Waals surface area contributed by atoms with Crippen LogP contribution in [0.3, 0.4) is 0 Å². The van der Waals surface area contributed by atoms with Gasteiger partial charge >= 0.3 is 0 Å². The maximum Gasteiger partial charge on any atom is 0.239 e. The zero-order valence-corrected chi connectivity index (χ0v) is 10.4. The lowest BCUT2D eigenvalue weighted by Crippen LogP contribution is -2.24. The standard InChI is InChI=1S/C13H17N5/c1-8-11(9-3-2-4-10(14)7-9)5-6-12-16-13(15)17-18(8)12/h2-4,7-8,11H,5-6,14H2,1H3,(H2,15,17). The molecule has 0 bridgehead atoms. The highest BCUT2D eigenvalue weighted by Crippen LogP contribution is 2.37. The van der Waals surface area contributed by atoms with Crippen molar-refractivity contribution >= 4 is 11.6 Å². The molecule has 18 heavy (non-hydrogen) atoms. The molecule has 0 radical (unpaired) electrons. The van der Waals surface area contributed by atoms with E-state index in [0.717, 1.165) is 24.4 Å². The second kappa shape index (κ2) is 4.01. The summed E-state index contributed by atoms with van der Waals surface area (Å²) in [6, 6.07) is 8.36. The monoisotopic (exact) mass is 243 g/mol. The Morgan fingerprint density at radius 3 is 2.94 bits per heavy atom. The van der Waals surface area contributed by atoms with Crippen LogP contribution in [0.2, 0.25) is 0 Å². The molecule has 1 aliphatic heterocycles. The van der Waals surface area contributed by atoms with E-state index < -0.39 is 0 Å². The Hall–Kier alpha value is -2.04. The van der Waals surface area contributed by atoms with Crippen molar-refractivity contribution in [3.05, 3.63) is 35.7 Å². The van der Waals surface area contributed by atoms with Gasteiger partial charge in [0.2, 0.25) is 5.95 Å². The number of hydrogen-bond acceptors (Lipinski definition) is 4. The molecule has 0 saturated heterocycles. The van der Waals surface area contributed by atoms with E-state index in [1.54, 1.807) is 0 Å². The second-order valence-electron chi connectivity index (χ2n) is 4.89. The van der Waals surface area contributed by atoms with E-state index in [0.29, 0.717) is 11.9 Å². The first-order valence-electron chi connectivity index (χ1n) is 6.21. The van der Waals surface area contributed by atoms with Gasteiger partial charge in [0.1, 0.15) is 5.82 Å². The summed E-state index contributed by atoms with van der Waals surface area (Å²) < 4.78 is 1.95. The molecule has 5 nitrogen and oxygen atoms in total. The van der Waals surface area contributed by atoms with E-state index in [4.69, 9.17) is 11.5 Å². The number of anilines is 2. The van der Waals surface area contributed by atoms with Gasteiger partial charge in [-0.3, -0.25) is 0 Å². The van der Waals surface area contributed by atoms with Crippen molar-refractivity contribution in [2.24, 2.45) is 0 Å². The van der Waals surface area contributed by atoms with Crippen LogP contribution in [0.25, 0.3) is 0 Å². The molecule has 5 heteroatoms. The molecule has 2 heterocycles. The largest absolute Gasteiger partial charge is 0.399 e. The molecular formula is C13H17N5. The smallest absolute Gasteiger partial charge is 0.239 e. The van der Waals surface area contributed by atoms with Gasteiger partial charge in [-0.05, 0) is 31.0 Å². The number of nitrogen functional groups attached to an aromatic ring is 2. The van der Waals surface area contributed by atoms with Gasteiger partial charge < -0.3 is 11.5 Å². The predicted molar refractivity (Wildman–Crippen MR) is 71.1 cm³/mol. The third-order valence-corrected chi connectivity index (χ3v) is 3.70. The van der Waals surface area contributed by atoms with E-state index in [9.17, 15) is 0 Å². The van der Waals surface area contributed by atoms with E-state index in [1.165, 1.54) is 5.56 Å². The van der Waals surface area contributed by atoms with Crippen LogP contribution < -0.4 is 11.5 Å². The SMILES string of the molecule is CC1C(c2cccc(N)c2)CCc2nc(N)nn21. The quantitative estimate of drug-likeness (QED) is 0.747. The molecule has 0 spiro atoms. The third-order valence-electron chi connectivity index (χ3n) is 3.70. The number of fused-ring (bicyclic) bond motifs is 1. The lowest BCUT2D eigenvalue weighted by atomic mass is 9.85. The van der Waals surface area contributed by atoms with Gasteiger partial charge in [0.15, 0.2) is 0 Å². The Labute approximate surface area is 106 Å². The lowest BCUT2D eigenvalue weighted by molar-refractivity contribution is 0.339. The van der Waals surface area contributed by atoms with E-state index in [2.05, 4.69) is 23.1 Å². The third kappa shape index (κ3) is 1.72. The van der Waals surface area contributed by atoms with Crippen molar-refractivity contribution in [3.8, 4) is 0 Å². The highest BCUT2D eigenvalue weighted by atomic mass is 15.4. The zero-order valence-electron chi connectivity index (χ0n) is 10.4. The Bertz CT molecular complexity index is 575. The van der Waals surface area contributed by atoms with Crippen molar-refractivity contribution in [1.29, 1.82) is 0 Å². The van der Waals surface area contributed by atoms with Crippen LogP contribution >= 0.6 is 0 Å². The summed E-state index contributed by atoms with van der Waals surface area (Å²) in [6.45, 7) is 2.16. The fraction of sp³-hybridized carbons (Fsp3) is 0.385. The van der Waals surface area contributed by atoms with Crippen molar-refractivity contribution in [1.82, 2.24) is 14.8 Å². The highest BCUT2D eigenvalue weighted by molar-refractivity contribution is 5.42. The van der Waals surface area contributed by atoms with Crippen LogP contribution in [0, 0.1) is 0 Å². The summed E-state index contributed by atoms with van der Waals surface area (Å²) in [4.78, 5) is 4.25. The van der Waals surface area contributed by atoms with Crippen LogP contribution in [0.1, 0.15) is 36.7 Å². The first kappa shape index (κ1) is 11.1. The van der Waals surface area contributed by atoms with Gasteiger partial charge in [-0.25, -0.2) is 4.68 Å². The molecular weight excluding hydrogens is 226 g/mol. The maximum atomic E-state index is 5.85. The molecule has 0 amide bonds. The van der Waals surface area contributed by atoms with Gasteiger partial charge in [-0.2, -0.15) is 4.98 Å². The van der Waals surface area contributed by atoms with Crippen LogP contribution in [-0.4, -0.2) is 14.8 Å². The van der Waals surface area contributed by atoms with Crippen molar-refractivity contribution in [2.45, 2.75) is 31.7 Å². The molecule has 2 atom stereocenters. The Balaban J connectivity index is 1.97. The summed E-state index contributed by atoms with van der Waals surface area (Å²) in [5, 5.41) is 4.28. The number of hydrogen-bond donors (Lipinski definition) is 2. The summed E-state index contributed by atoms with van der Waals surface area (Å²) >= 11 is 0. The van der Waals surface area contributed by atoms with E-state index >= 15 is 0 Å². The molecule has 0 aliphatic carbocycles. The molecule has 0 saturated carbocycles. The van der Waals surface area contributed by atoms with Gasteiger partial charge in [0.25, 0.3) is 0 Å². The second-order valence-corrected chi connectivity index (χ2v) is 4.89. The molecule has 0 fully saturated rings. The Kier molecular flexibility index (Phi) is 2.47. The maximum absolute atomic E-state index is 5.85. The van der Waals surface area contributed by atoms with Crippen LogP contribution in [-0.2, 0) is 6.42 Å². The van der Waals surface area contributed by atoms with E-state index in [-0.39, 0.29) is 6.04 Å². The van der Waals surface area contributed by atoms with Crippen molar-refractivity contribution in [3.63, 3.8) is 0 Å². The normalized spacial score (nSPS) is 22.7. The Morgan fingerprint density at radius 2 is 2.17 bits per heavy atom. The average Bonchev–Trinajstić information content (AvgIpc) is 2.71. The molecule has 4 N–H and O–H groups in total. The first-order chi connectivity index (χ1) is 8.65. The number of aryl methyl sites for hydroxylation is 1. The van der Waals surface area contributed by atoms with Gasteiger partial charge in [-0.15, -0.1) is 5.10 Å². The summed E-state index contributed by atoms with van der Waals surface area (Å²) in [5.74, 6) is 1.77. The molecule has 2 unspecified atom stereocenters. The topological polar surface area (TPSA) is 82.8 Å². The fourth-order valence-electron chi connectivity index (χ4n) is 2.80. The van der Waals surface area contributed by atoms with Crippen molar-refractivity contribution in [2.75, 3.05) is 11.5 Å². The fourth-order valence-corrected chi connectivity index (χ4v) is 2.80. The number of nitrogens with two attached hydrogens (primary N) is 2. The molecule has 1 aliphatic rings. The van der Waals surface area contributed by atoms with Gasteiger partial charge in [0.05, 0.1) is 6.04 Å². The summed E-state index contributed by atoms with van der Waals surface area (Å²) in [7, 11) is 0. The number of rotatable bonds is 1. The lowest BCUT2D eigenvalue weighted by Gasteiger charge is -2.29. The predicted octanol–water partition coefficient (Wildman–Crippen LogP) is 1.73. The van der Waals surface area contributed by atoms with E-state index in [1.807, 2.05) is 22.9 Å². The first-order valence-corrected chi connectivity index (χ1v) is 6.21. The number of aromatic nitrogens is 3. The summed E-state index contributed by atoms with van der Waals surface area (Å²) in [5.41, 5.74) is 13.6. The van der Waals surface area contributed by atoms with Gasteiger partial charge in [0, 0.05) is 18.0 Å². The minimum atomic E-state index is 0.264. The summed E-state index contributed by atoms with van der Waals surface area (Å²) in [6.07, 6.45) is 1.97. The highest BCUT2D eigenvalue weighted by Gasteiger charge is 2.29. The molecule has 1 aromatic carbocycles. The molecule has 3 rings (SSSR count).